The average Bonchev–Trinajstić information content (AvgIpc) is 2.63. The van der Waals surface area contributed by atoms with E-state index in [4.69, 9.17) is 4.74 Å². The van der Waals surface area contributed by atoms with Gasteiger partial charge in [0.15, 0.2) is 6.61 Å². The lowest BCUT2D eigenvalue weighted by atomic mass is 10.1. The molecule has 2 aromatic carbocycles. The molecule has 0 aromatic heterocycles. The quantitative estimate of drug-likeness (QED) is 0.838. The fraction of sp³-hybridized carbons (Fsp3) is 0.350. The number of ether oxygens (including phenoxy) is 1. The van der Waals surface area contributed by atoms with Gasteiger partial charge in [-0.15, -0.1) is 0 Å². The van der Waals surface area contributed by atoms with Crippen molar-refractivity contribution in [2.45, 2.75) is 13.5 Å². The molecule has 132 valence electrons. The van der Waals surface area contributed by atoms with Crippen LogP contribution < -0.4 is 4.74 Å². The second-order valence-electron chi connectivity index (χ2n) is 6.39. The number of hydrogen-bond donors (Lipinski definition) is 0. The van der Waals surface area contributed by atoms with Crippen LogP contribution in [0.5, 0.6) is 5.75 Å². The third-order valence-electron chi connectivity index (χ3n) is 4.43. The first-order valence-electron chi connectivity index (χ1n) is 8.54. The summed E-state index contributed by atoms with van der Waals surface area (Å²) in [5, 5.41) is 0. The molecule has 0 radical (unpaired) electrons. The first-order chi connectivity index (χ1) is 12.1. The highest BCUT2D eigenvalue weighted by molar-refractivity contribution is 5.77. The van der Waals surface area contributed by atoms with Gasteiger partial charge in [0, 0.05) is 32.7 Å². The molecule has 0 spiro atoms. The molecule has 1 amide bonds. The molecule has 5 heteroatoms. The van der Waals surface area contributed by atoms with Gasteiger partial charge in [-0.25, -0.2) is 4.39 Å². The Balaban J connectivity index is 1.42. The van der Waals surface area contributed by atoms with Crippen molar-refractivity contribution in [3.05, 3.63) is 65.5 Å². The normalized spacial score (nSPS) is 15.2. The number of carbonyl (C=O) groups excluding carboxylic acids is 1. The second-order valence-corrected chi connectivity index (χ2v) is 6.39. The lowest BCUT2D eigenvalue weighted by molar-refractivity contribution is -0.135. The molecule has 0 N–H and O–H groups in total. The highest BCUT2D eigenvalue weighted by atomic mass is 19.1. The van der Waals surface area contributed by atoms with Crippen LogP contribution in [0, 0.1) is 12.7 Å². The van der Waals surface area contributed by atoms with E-state index in [-0.39, 0.29) is 18.3 Å². The van der Waals surface area contributed by atoms with Gasteiger partial charge in [0.25, 0.3) is 5.91 Å². The maximum Gasteiger partial charge on any atom is 0.260 e. The highest BCUT2D eigenvalue weighted by Crippen LogP contribution is 2.13. The van der Waals surface area contributed by atoms with E-state index < -0.39 is 0 Å². The summed E-state index contributed by atoms with van der Waals surface area (Å²) in [6.45, 7) is 6.11. The fourth-order valence-electron chi connectivity index (χ4n) is 2.87. The average molecular weight is 342 g/mol. The van der Waals surface area contributed by atoms with E-state index in [9.17, 15) is 9.18 Å². The van der Waals surface area contributed by atoms with Crippen molar-refractivity contribution in [2.75, 3.05) is 32.8 Å². The molecular formula is C20H23FN2O2. The zero-order chi connectivity index (χ0) is 17.6. The van der Waals surface area contributed by atoms with E-state index in [1.807, 2.05) is 4.90 Å². The molecule has 0 unspecified atom stereocenters. The molecule has 0 aliphatic carbocycles. The van der Waals surface area contributed by atoms with E-state index in [1.54, 1.807) is 0 Å². The second kappa shape index (κ2) is 8.12. The molecule has 2 aromatic rings. The Bertz CT molecular complexity index is 693. The van der Waals surface area contributed by atoms with Crippen LogP contribution in [-0.4, -0.2) is 48.5 Å². The molecule has 1 saturated heterocycles. The summed E-state index contributed by atoms with van der Waals surface area (Å²) in [5.74, 6) is 0.162. The number of hydrogen-bond acceptors (Lipinski definition) is 3. The van der Waals surface area contributed by atoms with Crippen LogP contribution in [0.15, 0.2) is 48.5 Å². The van der Waals surface area contributed by atoms with E-state index in [0.29, 0.717) is 18.8 Å². The van der Waals surface area contributed by atoms with Crippen molar-refractivity contribution in [1.29, 1.82) is 0 Å². The lowest BCUT2D eigenvalue weighted by Gasteiger charge is -2.34. The Morgan fingerprint density at radius 2 is 1.64 bits per heavy atom. The molecule has 1 fully saturated rings. The largest absolute Gasteiger partial charge is 0.484 e. The monoisotopic (exact) mass is 342 g/mol. The van der Waals surface area contributed by atoms with Crippen LogP contribution in [0.1, 0.15) is 11.1 Å². The van der Waals surface area contributed by atoms with Gasteiger partial charge in [0.05, 0.1) is 0 Å². The summed E-state index contributed by atoms with van der Waals surface area (Å²) in [6, 6.07) is 14.3. The molecule has 0 saturated carbocycles. The van der Waals surface area contributed by atoms with Crippen LogP contribution in [0.2, 0.25) is 0 Å². The Hall–Kier alpha value is -2.40. The zero-order valence-electron chi connectivity index (χ0n) is 14.5. The molecule has 0 bridgehead atoms. The predicted octanol–water partition coefficient (Wildman–Crippen LogP) is 2.86. The van der Waals surface area contributed by atoms with Gasteiger partial charge in [-0.05, 0) is 36.8 Å². The summed E-state index contributed by atoms with van der Waals surface area (Å²) in [5.41, 5.74) is 2.56. The van der Waals surface area contributed by atoms with Crippen molar-refractivity contribution in [3.8, 4) is 5.75 Å². The Morgan fingerprint density at radius 1 is 1.00 bits per heavy atom. The fourth-order valence-corrected chi connectivity index (χ4v) is 2.87. The maximum atomic E-state index is 12.9. The molecular weight excluding hydrogens is 319 g/mol. The third-order valence-corrected chi connectivity index (χ3v) is 4.43. The van der Waals surface area contributed by atoms with E-state index in [0.717, 1.165) is 19.6 Å². The summed E-state index contributed by atoms with van der Waals surface area (Å²) in [4.78, 5) is 16.4. The Morgan fingerprint density at radius 3 is 2.28 bits per heavy atom. The molecule has 25 heavy (non-hydrogen) atoms. The van der Waals surface area contributed by atoms with Gasteiger partial charge >= 0.3 is 0 Å². The predicted molar refractivity (Wildman–Crippen MR) is 94.9 cm³/mol. The van der Waals surface area contributed by atoms with Crippen molar-refractivity contribution < 1.29 is 13.9 Å². The van der Waals surface area contributed by atoms with Crippen LogP contribution >= 0.6 is 0 Å². The lowest BCUT2D eigenvalue weighted by Crippen LogP contribution is -2.49. The van der Waals surface area contributed by atoms with Gasteiger partial charge in [0.2, 0.25) is 0 Å². The number of amides is 1. The van der Waals surface area contributed by atoms with Gasteiger partial charge in [0.1, 0.15) is 11.6 Å². The van der Waals surface area contributed by atoms with Crippen molar-refractivity contribution in [3.63, 3.8) is 0 Å². The molecule has 1 aliphatic rings. The van der Waals surface area contributed by atoms with Gasteiger partial charge < -0.3 is 9.64 Å². The molecule has 3 rings (SSSR count). The zero-order valence-corrected chi connectivity index (χ0v) is 14.5. The minimum absolute atomic E-state index is 0.0103. The number of nitrogens with zero attached hydrogens (tertiary/aromatic N) is 2. The highest BCUT2D eigenvalue weighted by Gasteiger charge is 2.21. The van der Waals surface area contributed by atoms with Gasteiger partial charge in [-0.2, -0.15) is 0 Å². The number of halogens is 1. The topological polar surface area (TPSA) is 32.8 Å². The molecule has 0 atom stereocenters. The Labute approximate surface area is 147 Å². The third kappa shape index (κ3) is 5.03. The number of benzene rings is 2. The minimum atomic E-state index is -0.316. The summed E-state index contributed by atoms with van der Waals surface area (Å²) in [7, 11) is 0. The van der Waals surface area contributed by atoms with Gasteiger partial charge in [-0.1, -0.05) is 29.8 Å². The smallest absolute Gasteiger partial charge is 0.260 e. The number of piperazine rings is 1. The van der Waals surface area contributed by atoms with Crippen molar-refractivity contribution in [2.24, 2.45) is 0 Å². The molecule has 1 heterocycles. The Kier molecular flexibility index (Phi) is 5.66. The van der Waals surface area contributed by atoms with Gasteiger partial charge in [-0.3, -0.25) is 9.69 Å². The van der Waals surface area contributed by atoms with Crippen molar-refractivity contribution >= 4 is 5.91 Å². The van der Waals surface area contributed by atoms with Crippen LogP contribution in [-0.2, 0) is 11.3 Å². The minimum Gasteiger partial charge on any atom is -0.484 e. The van der Waals surface area contributed by atoms with Crippen LogP contribution in [0.3, 0.4) is 0 Å². The number of aryl methyl sites for hydroxylation is 1. The number of rotatable bonds is 5. The first kappa shape index (κ1) is 17.4. The molecule has 1 aliphatic heterocycles. The first-order valence-corrected chi connectivity index (χ1v) is 8.54. The summed E-state index contributed by atoms with van der Waals surface area (Å²) < 4.78 is 18.3. The summed E-state index contributed by atoms with van der Waals surface area (Å²) in [6.07, 6.45) is 0. The maximum absolute atomic E-state index is 12.9. The van der Waals surface area contributed by atoms with E-state index in [1.165, 1.54) is 35.4 Å². The van der Waals surface area contributed by atoms with E-state index in [2.05, 4.69) is 36.1 Å². The number of carbonyl (C=O) groups is 1. The van der Waals surface area contributed by atoms with Crippen molar-refractivity contribution in [1.82, 2.24) is 9.80 Å². The van der Waals surface area contributed by atoms with Crippen LogP contribution in [0.4, 0.5) is 4.39 Å². The molecule has 4 nitrogen and oxygen atoms in total. The summed E-state index contributed by atoms with van der Waals surface area (Å²) >= 11 is 0. The SMILES string of the molecule is Cc1ccc(CN2CCN(C(=O)COc3ccc(F)cc3)CC2)cc1. The van der Waals surface area contributed by atoms with Crippen LogP contribution in [0.25, 0.3) is 0 Å². The standard InChI is InChI=1S/C20H23FN2O2/c1-16-2-4-17(5-3-16)14-22-10-12-23(13-11-22)20(24)15-25-19-8-6-18(21)7-9-19/h2-9H,10-15H2,1H3. The van der Waals surface area contributed by atoms with E-state index >= 15 is 0 Å².